The third kappa shape index (κ3) is 4.83. The number of sulfonamides is 1. The molecule has 1 aromatic carbocycles. The predicted molar refractivity (Wildman–Crippen MR) is 76.1 cm³/mol. The Bertz CT molecular complexity index is 622. The van der Waals surface area contributed by atoms with Gasteiger partial charge in [0.05, 0.1) is 11.3 Å². The molecule has 0 saturated heterocycles. The molecular formula is C13H18N2O5S. The maximum Gasteiger partial charge on any atom is 0.322 e. The number of nitrogens with one attached hydrogen (secondary N) is 1. The number of rotatable bonds is 7. The zero-order chi connectivity index (χ0) is 16.2. The van der Waals surface area contributed by atoms with E-state index in [-0.39, 0.29) is 10.8 Å². The summed E-state index contributed by atoms with van der Waals surface area (Å²) < 4.78 is 26.1. The van der Waals surface area contributed by atoms with Crippen LogP contribution in [0.2, 0.25) is 0 Å². The van der Waals surface area contributed by atoms with E-state index in [1.807, 2.05) is 18.6 Å². The first-order valence-electron chi connectivity index (χ1n) is 6.27. The van der Waals surface area contributed by atoms with E-state index in [2.05, 4.69) is 0 Å². The molecule has 0 aromatic heterocycles. The minimum Gasteiger partial charge on any atom is -0.480 e. The monoisotopic (exact) mass is 314 g/mol. The Morgan fingerprint density at radius 2 is 1.76 bits per heavy atom. The fourth-order valence-corrected chi connectivity index (χ4v) is 2.86. The van der Waals surface area contributed by atoms with Crippen molar-refractivity contribution in [3.63, 3.8) is 0 Å². The van der Waals surface area contributed by atoms with Crippen LogP contribution in [0.1, 0.15) is 31.7 Å². The Labute approximate surface area is 123 Å². The van der Waals surface area contributed by atoms with Crippen LogP contribution >= 0.6 is 0 Å². The van der Waals surface area contributed by atoms with Gasteiger partial charge in [0.25, 0.3) is 0 Å². The number of benzene rings is 1. The van der Waals surface area contributed by atoms with Gasteiger partial charge in [-0.25, -0.2) is 8.42 Å². The quantitative estimate of drug-likeness (QED) is 0.672. The summed E-state index contributed by atoms with van der Waals surface area (Å²) in [5, 5.41) is 8.91. The molecule has 1 aromatic rings. The summed E-state index contributed by atoms with van der Waals surface area (Å²) in [6.07, 6.45) is -0.612. The molecule has 1 rings (SSSR count). The summed E-state index contributed by atoms with van der Waals surface area (Å²) in [5.74, 6) is -2.12. The minimum absolute atomic E-state index is 0.0670. The van der Waals surface area contributed by atoms with Gasteiger partial charge in [-0.2, -0.15) is 4.72 Å². The highest BCUT2D eigenvalue weighted by molar-refractivity contribution is 7.89. The number of carboxylic acid groups (broad SMARTS) is 1. The van der Waals surface area contributed by atoms with Crippen molar-refractivity contribution in [2.45, 2.75) is 37.1 Å². The van der Waals surface area contributed by atoms with Crippen molar-refractivity contribution in [1.82, 2.24) is 4.72 Å². The van der Waals surface area contributed by atoms with E-state index in [1.54, 1.807) is 12.1 Å². The molecular weight excluding hydrogens is 296 g/mol. The Morgan fingerprint density at radius 1 is 1.24 bits per heavy atom. The van der Waals surface area contributed by atoms with Gasteiger partial charge in [-0.3, -0.25) is 9.59 Å². The van der Waals surface area contributed by atoms with Gasteiger partial charge in [0.15, 0.2) is 0 Å². The molecule has 116 valence electrons. The number of carbonyl (C=O) groups excluding carboxylic acids is 1. The second-order valence-electron chi connectivity index (χ2n) is 4.91. The average Bonchev–Trinajstić information content (AvgIpc) is 2.37. The standard InChI is InChI=1S/C13H18N2O5S/c1-8(2)9-3-5-10(6-4-9)21(19,20)15-11(13(17)18)7-12(14)16/h3-6,8,11,15H,7H2,1-2H3,(H2,14,16)(H,17,18). The van der Waals surface area contributed by atoms with Crippen LogP contribution in [0.15, 0.2) is 29.2 Å². The molecule has 0 bridgehead atoms. The number of carboxylic acids is 1. The second kappa shape index (κ2) is 6.68. The zero-order valence-corrected chi connectivity index (χ0v) is 12.6. The van der Waals surface area contributed by atoms with Gasteiger partial charge in [0.1, 0.15) is 6.04 Å². The smallest absolute Gasteiger partial charge is 0.322 e. The third-order valence-electron chi connectivity index (χ3n) is 2.86. The van der Waals surface area contributed by atoms with Crippen molar-refractivity contribution in [1.29, 1.82) is 0 Å². The largest absolute Gasteiger partial charge is 0.480 e. The van der Waals surface area contributed by atoms with Gasteiger partial charge in [-0.05, 0) is 23.6 Å². The number of primary amides is 1. The van der Waals surface area contributed by atoms with Crippen molar-refractivity contribution in [2.75, 3.05) is 0 Å². The third-order valence-corrected chi connectivity index (χ3v) is 4.35. The average molecular weight is 314 g/mol. The van der Waals surface area contributed by atoms with Crippen LogP contribution in [0.4, 0.5) is 0 Å². The maximum atomic E-state index is 12.1. The van der Waals surface area contributed by atoms with Crippen LogP contribution in [0, 0.1) is 0 Å². The van der Waals surface area contributed by atoms with Crippen molar-refractivity contribution >= 4 is 21.9 Å². The second-order valence-corrected chi connectivity index (χ2v) is 6.62. The van der Waals surface area contributed by atoms with Crippen LogP contribution in [-0.4, -0.2) is 31.4 Å². The molecule has 0 aliphatic rings. The molecule has 0 saturated carbocycles. The van der Waals surface area contributed by atoms with E-state index in [4.69, 9.17) is 10.8 Å². The fourth-order valence-electron chi connectivity index (χ4n) is 1.67. The van der Waals surface area contributed by atoms with Gasteiger partial charge >= 0.3 is 5.97 Å². The van der Waals surface area contributed by atoms with Gasteiger partial charge in [0, 0.05) is 0 Å². The first-order chi connectivity index (χ1) is 9.63. The van der Waals surface area contributed by atoms with Crippen molar-refractivity contribution in [2.24, 2.45) is 5.73 Å². The molecule has 21 heavy (non-hydrogen) atoms. The normalized spacial score (nSPS) is 13.1. The molecule has 1 atom stereocenters. The van der Waals surface area contributed by atoms with Gasteiger partial charge in [-0.15, -0.1) is 0 Å². The van der Waals surface area contributed by atoms with Crippen molar-refractivity contribution in [3.8, 4) is 0 Å². The number of aliphatic carboxylic acids is 1. The van der Waals surface area contributed by atoms with Crippen LogP contribution in [0.3, 0.4) is 0 Å². The highest BCUT2D eigenvalue weighted by Gasteiger charge is 2.26. The van der Waals surface area contributed by atoms with E-state index in [0.717, 1.165) is 5.56 Å². The summed E-state index contributed by atoms with van der Waals surface area (Å²) in [4.78, 5) is 21.7. The molecule has 8 heteroatoms. The topological polar surface area (TPSA) is 127 Å². The van der Waals surface area contributed by atoms with Gasteiger partial charge < -0.3 is 10.8 Å². The van der Waals surface area contributed by atoms with Crippen LogP contribution in [0.25, 0.3) is 0 Å². The fraction of sp³-hybridized carbons (Fsp3) is 0.385. The zero-order valence-electron chi connectivity index (χ0n) is 11.7. The first kappa shape index (κ1) is 17.1. The Kier molecular flexibility index (Phi) is 5.45. The highest BCUT2D eigenvalue weighted by Crippen LogP contribution is 2.17. The molecule has 7 nitrogen and oxygen atoms in total. The molecule has 0 radical (unpaired) electrons. The summed E-state index contributed by atoms with van der Waals surface area (Å²) in [6.45, 7) is 3.93. The summed E-state index contributed by atoms with van der Waals surface area (Å²) in [5.41, 5.74) is 5.86. The maximum absolute atomic E-state index is 12.1. The predicted octanol–water partition coefficient (Wildman–Crippen LogP) is 0.417. The molecule has 0 aliphatic carbocycles. The van der Waals surface area contributed by atoms with E-state index < -0.39 is 34.4 Å². The summed E-state index contributed by atoms with van der Waals surface area (Å²) in [6, 6.07) is 4.51. The summed E-state index contributed by atoms with van der Waals surface area (Å²) >= 11 is 0. The number of hydrogen-bond acceptors (Lipinski definition) is 4. The lowest BCUT2D eigenvalue weighted by molar-refractivity contribution is -0.140. The number of nitrogens with two attached hydrogens (primary N) is 1. The van der Waals surface area contributed by atoms with E-state index in [0.29, 0.717) is 0 Å². The van der Waals surface area contributed by atoms with Crippen LogP contribution in [0.5, 0.6) is 0 Å². The first-order valence-corrected chi connectivity index (χ1v) is 7.75. The number of carbonyl (C=O) groups is 2. The Morgan fingerprint density at radius 3 is 2.14 bits per heavy atom. The van der Waals surface area contributed by atoms with Gasteiger partial charge in [-0.1, -0.05) is 26.0 Å². The van der Waals surface area contributed by atoms with E-state index in [1.165, 1.54) is 12.1 Å². The molecule has 0 fully saturated rings. The molecule has 1 amide bonds. The van der Waals surface area contributed by atoms with E-state index in [9.17, 15) is 18.0 Å². The summed E-state index contributed by atoms with van der Waals surface area (Å²) in [7, 11) is -4.03. The number of hydrogen-bond donors (Lipinski definition) is 3. The lowest BCUT2D eigenvalue weighted by Crippen LogP contribution is -2.43. The SMILES string of the molecule is CC(C)c1ccc(S(=O)(=O)NC(CC(N)=O)C(=O)O)cc1. The molecule has 0 spiro atoms. The molecule has 1 unspecified atom stereocenters. The van der Waals surface area contributed by atoms with Crippen LogP contribution < -0.4 is 10.5 Å². The van der Waals surface area contributed by atoms with Crippen LogP contribution in [-0.2, 0) is 19.6 Å². The molecule has 0 heterocycles. The Hall–Kier alpha value is -1.93. The lowest BCUT2D eigenvalue weighted by Gasteiger charge is -2.14. The van der Waals surface area contributed by atoms with Crippen molar-refractivity contribution in [3.05, 3.63) is 29.8 Å². The lowest BCUT2D eigenvalue weighted by atomic mass is 10.0. The van der Waals surface area contributed by atoms with E-state index >= 15 is 0 Å². The highest BCUT2D eigenvalue weighted by atomic mass is 32.2. The molecule has 4 N–H and O–H groups in total. The molecule has 0 aliphatic heterocycles. The minimum atomic E-state index is -4.03. The Balaban J connectivity index is 2.98. The van der Waals surface area contributed by atoms with Gasteiger partial charge in [0.2, 0.25) is 15.9 Å². The van der Waals surface area contributed by atoms with Crippen molar-refractivity contribution < 1.29 is 23.1 Å². The number of amides is 1.